The first-order valence-corrected chi connectivity index (χ1v) is 6.41. The van der Waals surface area contributed by atoms with Crippen LogP contribution >= 0.6 is 0 Å². The molecule has 0 saturated heterocycles. The lowest BCUT2D eigenvalue weighted by atomic mass is 10.2. The lowest BCUT2D eigenvalue weighted by Crippen LogP contribution is -2.38. The molecule has 0 aliphatic carbocycles. The minimum absolute atomic E-state index is 0.0226. The Bertz CT molecular complexity index is 252. The van der Waals surface area contributed by atoms with Crippen LogP contribution in [-0.2, 0) is 9.59 Å². The highest BCUT2D eigenvalue weighted by molar-refractivity contribution is 5.78. The third-order valence-electron chi connectivity index (χ3n) is 2.66. The van der Waals surface area contributed by atoms with Gasteiger partial charge in [0.15, 0.2) is 0 Å². The zero-order valence-electron chi connectivity index (χ0n) is 11.7. The smallest absolute Gasteiger partial charge is 0.221 e. The standard InChI is InChI=1S/C13H26N2O2/c1-6-11(4)14-13(17)7-8-15(12(5)16)9-10(2)3/h10-11H,6-9H2,1-5H3,(H,14,17). The molecule has 0 bridgehead atoms. The van der Waals surface area contributed by atoms with Gasteiger partial charge in [-0.3, -0.25) is 9.59 Å². The molecule has 0 fully saturated rings. The Morgan fingerprint density at radius 1 is 1.24 bits per heavy atom. The van der Waals surface area contributed by atoms with Gasteiger partial charge >= 0.3 is 0 Å². The summed E-state index contributed by atoms with van der Waals surface area (Å²) in [5.41, 5.74) is 0. The first-order chi connectivity index (χ1) is 7.86. The van der Waals surface area contributed by atoms with Crippen LogP contribution in [0.3, 0.4) is 0 Å². The van der Waals surface area contributed by atoms with E-state index < -0.39 is 0 Å². The predicted molar refractivity (Wildman–Crippen MR) is 69.6 cm³/mol. The molecule has 0 aromatic heterocycles. The molecule has 0 radical (unpaired) electrons. The quantitative estimate of drug-likeness (QED) is 0.740. The molecule has 4 heteroatoms. The molecule has 100 valence electrons. The molecule has 0 heterocycles. The van der Waals surface area contributed by atoms with Crippen molar-refractivity contribution in [3.05, 3.63) is 0 Å². The van der Waals surface area contributed by atoms with Crippen molar-refractivity contribution in [1.29, 1.82) is 0 Å². The van der Waals surface area contributed by atoms with Gasteiger partial charge in [0.2, 0.25) is 11.8 Å². The maximum atomic E-state index is 11.6. The minimum Gasteiger partial charge on any atom is -0.354 e. The zero-order valence-corrected chi connectivity index (χ0v) is 11.7. The van der Waals surface area contributed by atoms with Gasteiger partial charge in [-0.2, -0.15) is 0 Å². The van der Waals surface area contributed by atoms with E-state index in [-0.39, 0.29) is 17.9 Å². The van der Waals surface area contributed by atoms with Crippen LogP contribution in [0.5, 0.6) is 0 Å². The number of hydrogen-bond donors (Lipinski definition) is 1. The van der Waals surface area contributed by atoms with E-state index in [4.69, 9.17) is 0 Å². The number of carbonyl (C=O) groups is 2. The molecule has 1 N–H and O–H groups in total. The number of rotatable bonds is 7. The van der Waals surface area contributed by atoms with E-state index >= 15 is 0 Å². The van der Waals surface area contributed by atoms with Crippen LogP contribution < -0.4 is 5.32 Å². The van der Waals surface area contributed by atoms with E-state index in [0.717, 1.165) is 6.42 Å². The maximum Gasteiger partial charge on any atom is 0.221 e. The van der Waals surface area contributed by atoms with Gasteiger partial charge < -0.3 is 10.2 Å². The summed E-state index contributed by atoms with van der Waals surface area (Å²) in [4.78, 5) is 24.7. The van der Waals surface area contributed by atoms with Crippen molar-refractivity contribution < 1.29 is 9.59 Å². The highest BCUT2D eigenvalue weighted by atomic mass is 16.2. The number of hydrogen-bond acceptors (Lipinski definition) is 2. The van der Waals surface area contributed by atoms with E-state index in [2.05, 4.69) is 19.2 Å². The Balaban J connectivity index is 4.04. The van der Waals surface area contributed by atoms with E-state index in [1.54, 1.807) is 11.8 Å². The van der Waals surface area contributed by atoms with Crippen LogP contribution in [0.25, 0.3) is 0 Å². The molecule has 2 amide bonds. The van der Waals surface area contributed by atoms with Crippen molar-refractivity contribution in [2.45, 2.75) is 53.5 Å². The van der Waals surface area contributed by atoms with Crippen molar-refractivity contribution in [3.8, 4) is 0 Å². The van der Waals surface area contributed by atoms with Crippen LogP contribution in [0.2, 0.25) is 0 Å². The normalized spacial score (nSPS) is 12.4. The molecule has 17 heavy (non-hydrogen) atoms. The van der Waals surface area contributed by atoms with Gasteiger partial charge in [-0.25, -0.2) is 0 Å². The van der Waals surface area contributed by atoms with Crippen molar-refractivity contribution in [2.75, 3.05) is 13.1 Å². The fourth-order valence-electron chi connectivity index (χ4n) is 1.50. The summed E-state index contributed by atoms with van der Waals surface area (Å²) in [5, 5.41) is 2.90. The number of carbonyl (C=O) groups excluding carboxylic acids is 2. The van der Waals surface area contributed by atoms with Gasteiger partial charge in [-0.1, -0.05) is 20.8 Å². The summed E-state index contributed by atoms with van der Waals surface area (Å²) in [6, 6.07) is 0.207. The Hall–Kier alpha value is -1.06. The van der Waals surface area contributed by atoms with E-state index in [9.17, 15) is 9.59 Å². The highest BCUT2D eigenvalue weighted by Crippen LogP contribution is 2.01. The predicted octanol–water partition coefficient (Wildman–Crippen LogP) is 1.80. The van der Waals surface area contributed by atoms with Gasteiger partial charge in [-0.15, -0.1) is 0 Å². The molecular formula is C13H26N2O2. The van der Waals surface area contributed by atoms with Crippen LogP contribution in [0.15, 0.2) is 0 Å². The summed E-state index contributed by atoms with van der Waals surface area (Å²) in [5.74, 6) is 0.487. The average molecular weight is 242 g/mol. The fourth-order valence-corrected chi connectivity index (χ4v) is 1.50. The second-order valence-electron chi connectivity index (χ2n) is 4.99. The highest BCUT2D eigenvalue weighted by Gasteiger charge is 2.13. The first-order valence-electron chi connectivity index (χ1n) is 6.41. The third kappa shape index (κ3) is 7.77. The topological polar surface area (TPSA) is 49.4 Å². The van der Waals surface area contributed by atoms with E-state index in [0.29, 0.717) is 25.4 Å². The molecule has 0 rings (SSSR count). The molecule has 0 spiro atoms. The molecule has 1 atom stereocenters. The summed E-state index contributed by atoms with van der Waals surface area (Å²) in [7, 11) is 0. The van der Waals surface area contributed by atoms with Crippen molar-refractivity contribution >= 4 is 11.8 Å². The number of nitrogens with zero attached hydrogens (tertiary/aromatic N) is 1. The van der Waals surface area contributed by atoms with E-state index in [1.807, 2.05) is 13.8 Å². The van der Waals surface area contributed by atoms with E-state index in [1.165, 1.54) is 0 Å². The molecule has 0 aromatic rings. The molecule has 1 unspecified atom stereocenters. The molecule has 4 nitrogen and oxygen atoms in total. The van der Waals surface area contributed by atoms with Crippen molar-refractivity contribution in [1.82, 2.24) is 10.2 Å². The lowest BCUT2D eigenvalue weighted by molar-refractivity contribution is -0.130. The lowest BCUT2D eigenvalue weighted by Gasteiger charge is -2.23. The Morgan fingerprint density at radius 2 is 1.82 bits per heavy atom. The van der Waals surface area contributed by atoms with Crippen molar-refractivity contribution in [3.63, 3.8) is 0 Å². The Kier molecular flexibility index (Phi) is 7.59. The molecule has 0 aliphatic heterocycles. The molecule has 0 aromatic carbocycles. The largest absolute Gasteiger partial charge is 0.354 e. The summed E-state index contributed by atoms with van der Waals surface area (Å²) in [6.07, 6.45) is 1.31. The molecule has 0 aliphatic rings. The summed E-state index contributed by atoms with van der Waals surface area (Å²) in [6.45, 7) is 10.9. The van der Waals surface area contributed by atoms with Gasteiger partial charge in [0.05, 0.1) is 0 Å². The van der Waals surface area contributed by atoms with Crippen LogP contribution in [-0.4, -0.2) is 35.8 Å². The number of amides is 2. The van der Waals surface area contributed by atoms with Crippen LogP contribution in [0.1, 0.15) is 47.5 Å². The van der Waals surface area contributed by atoms with Crippen molar-refractivity contribution in [2.24, 2.45) is 5.92 Å². The zero-order chi connectivity index (χ0) is 13.4. The third-order valence-corrected chi connectivity index (χ3v) is 2.66. The first kappa shape index (κ1) is 15.9. The second-order valence-corrected chi connectivity index (χ2v) is 4.99. The van der Waals surface area contributed by atoms with Gasteiger partial charge in [-0.05, 0) is 19.3 Å². The SMILES string of the molecule is CCC(C)NC(=O)CCN(CC(C)C)C(C)=O. The molecule has 0 saturated carbocycles. The van der Waals surface area contributed by atoms with Gasteiger partial charge in [0.25, 0.3) is 0 Å². The fraction of sp³-hybridized carbons (Fsp3) is 0.846. The van der Waals surface area contributed by atoms with Gasteiger partial charge in [0.1, 0.15) is 0 Å². The Labute approximate surface area is 105 Å². The monoisotopic (exact) mass is 242 g/mol. The van der Waals surface area contributed by atoms with Crippen LogP contribution in [0, 0.1) is 5.92 Å². The summed E-state index contributed by atoms with van der Waals surface area (Å²) < 4.78 is 0. The molecular weight excluding hydrogens is 216 g/mol. The maximum absolute atomic E-state index is 11.6. The van der Waals surface area contributed by atoms with Crippen LogP contribution in [0.4, 0.5) is 0 Å². The minimum atomic E-state index is 0.0226. The average Bonchev–Trinajstić information content (AvgIpc) is 2.23. The second kappa shape index (κ2) is 8.09. The Morgan fingerprint density at radius 3 is 2.24 bits per heavy atom. The summed E-state index contributed by atoms with van der Waals surface area (Å²) >= 11 is 0. The van der Waals surface area contributed by atoms with Gasteiger partial charge in [0, 0.05) is 32.5 Å². The number of nitrogens with one attached hydrogen (secondary N) is 1.